The van der Waals surface area contributed by atoms with Gasteiger partial charge in [0.2, 0.25) is 5.96 Å². The van der Waals surface area contributed by atoms with Crippen LogP contribution in [0, 0.1) is 0 Å². The van der Waals surface area contributed by atoms with Gasteiger partial charge < -0.3 is 10.5 Å². The number of ether oxygens (including phenoxy) is 1. The van der Waals surface area contributed by atoms with Gasteiger partial charge in [0, 0.05) is 7.11 Å². The van der Waals surface area contributed by atoms with E-state index < -0.39 is 0 Å². The predicted octanol–water partition coefficient (Wildman–Crippen LogP) is -0.151. The largest absolute Gasteiger partial charge is 0.376 e. The first-order chi connectivity index (χ1) is 5.72. The molecular weight excluding hydrogens is 158 g/mol. The number of nitrogens with two attached hydrogens (primary N) is 1. The molecule has 0 heterocycles. The van der Waals surface area contributed by atoms with Gasteiger partial charge in [-0.3, -0.25) is 5.21 Å². The molecule has 5 heteroatoms. The van der Waals surface area contributed by atoms with Crippen molar-refractivity contribution in [3.63, 3.8) is 0 Å². The number of hydroxylamine groups is 1. The molecule has 1 aliphatic carbocycles. The Labute approximate surface area is 71.6 Å². The van der Waals surface area contributed by atoms with Crippen molar-refractivity contribution >= 4 is 5.96 Å². The van der Waals surface area contributed by atoms with Crippen LogP contribution in [0.5, 0.6) is 0 Å². The van der Waals surface area contributed by atoms with Crippen LogP contribution in [-0.4, -0.2) is 30.4 Å². The molecule has 1 rings (SSSR count). The standard InChI is InChI=1S/C7H15N3O2/c1-12-7(3-2-4-7)5-9-6(8)10-11/h11H,2-5H2,1H3,(H3,8,9,10). The molecule has 0 spiro atoms. The van der Waals surface area contributed by atoms with E-state index >= 15 is 0 Å². The molecule has 12 heavy (non-hydrogen) atoms. The minimum Gasteiger partial charge on any atom is -0.376 e. The summed E-state index contributed by atoms with van der Waals surface area (Å²) in [6.45, 7) is 0.517. The first kappa shape index (κ1) is 9.28. The quantitative estimate of drug-likeness (QED) is 0.315. The molecule has 4 N–H and O–H groups in total. The third-order valence-corrected chi connectivity index (χ3v) is 2.35. The van der Waals surface area contributed by atoms with E-state index in [-0.39, 0.29) is 11.6 Å². The lowest BCUT2D eigenvalue weighted by Gasteiger charge is -2.39. The molecule has 0 aliphatic heterocycles. The van der Waals surface area contributed by atoms with E-state index in [4.69, 9.17) is 15.7 Å². The van der Waals surface area contributed by atoms with Crippen LogP contribution in [0.3, 0.4) is 0 Å². The van der Waals surface area contributed by atoms with Crippen LogP contribution < -0.4 is 11.2 Å². The molecule has 5 nitrogen and oxygen atoms in total. The normalized spacial score (nSPS) is 21.7. The van der Waals surface area contributed by atoms with Crippen LogP contribution in [0.2, 0.25) is 0 Å². The smallest absolute Gasteiger partial charge is 0.212 e. The molecule has 0 radical (unpaired) electrons. The summed E-state index contributed by atoms with van der Waals surface area (Å²) in [5.41, 5.74) is 6.91. The summed E-state index contributed by atoms with van der Waals surface area (Å²) >= 11 is 0. The van der Waals surface area contributed by atoms with Gasteiger partial charge in [0.05, 0.1) is 12.1 Å². The lowest BCUT2D eigenvalue weighted by molar-refractivity contribution is -0.0630. The van der Waals surface area contributed by atoms with Crippen LogP contribution in [0.15, 0.2) is 4.99 Å². The Hall–Kier alpha value is -0.810. The van der Waals surface area contributed by atoms with Crippen molar-refractivity contribution in [1.82, 2.24) is 5.48 Å². The fourth-order valence-electron chi connectivity index (χ4n) is 1.26. The van der Waals surface area contributed by atoms with E-state index in [9.17, 15) is 0 Å². The molecular formula is C7H15N3O2. The average molecular weight is 173 g/mol. The van der Waals surface area contributed by atoms with Gasteiger partial charge in [-0.05, 0) is 19.3 Å². The molecule has 0 atom stereocenters. The van der Waals surface area contributed by atoms with Gasteiger partial charge in [-0.1, -0.05) is 0 Å². The number of aliphatic imine (C=N–C) groups is 1. The maximum absolute atomic E-state index is 8.35. The van der Waals surface area contributed by atoms with E-state index in [0.29, 0.717) is 6.54 Å². The lowest BCUT2D eigenvalue weighted by Crippen LogP contribution is -2.43. The number of nitrogens with zero attached hydrogens (tertiary/aromatic N) is 1. The zero-order chi connectivity index (χ0) is 9.03. The van der Waals surface area contributed by atoms with E-state index in [1.54, 1.807) is 12.6 Å². The Morgan fingerprint density at radius 2 is 2.42 bits per heavy atom. The molecule has 1 saturated carbocycles. The Kier molecular flexibility index (Phi) is 2.88. The van der Waals surface area contributed by atoms with Crippen LogP contribution in [-0.2, 0) is 4.74 Å². The Bertz CT molecular complexity index is 172. The number of guanidine groups is 1. The molecule has 0 unspecified atom stereocenters. The third kappa shape index (κ3) is 1.86. The summed E-state index contributed by atoms with van der Waals surface area (Å²) in [5.74, 6) is 0.0401. The zero-order valence-electron chi connectivity index (χ0n) is 7.21. The zero-order valence-corrected chi connectivity index (χ0v) is 7.21. The number of nitrogens with one attached hydrogen (secondary N) is 1. The number of hydrogen-bond donors (Lipinski definition) is 3. The molecule has 70 valence electrons. The monoisotopic (exact) mass is 173 g/mol. The first-order valence-corrected chi connectivity index (χ1v) is 3.98. The van der Waals surface area contributed by atoms with Crippen LogP contribution in [0.25, 0.3) is 0 Å². The Morgan fingerprint density at radius 1 is 1.75 bits per heavy atom. The van der Waals surface area contributed by atoms with Crippen LogP contribution in [0.1, 0.15) is 19.3 Å². The highest BCUT2D eigenvalue weighted by atomic mass is 16.5. The molecule has 0 bridgehead atoms. The Morgan fingerprint density at radius 3 is 2.75 bits per heavy atom. The molecule has 1 fully saturated rings. The number of hydrogen-bond acceptors (Lipinski definition) is 3. The summed E-state index contributed by atoms with van der Waals surface area (Å²) in [7, 11) is 1.68. The maximum Gasteiger partial charge on any atom is 0.212 e. The average Bonchev–Trinajstić information content (AvgIpc) is 2.03. The molecule has 0 aromatic rings. The summed E-state index contributed by atoms with van der Waals surface area (Å²) in [6, 6.07) is 0. The van der Waals surface area contributed by atoms with E-state index in [2.05, 4.69) is 4.99 Å². The van der Waals surface area contributed by atoms with Crippen molar-refractivity contribution in [2.45, 2.75) is 24.9 Å². The van der Waals surface area contributed by atoms with E-state index in [0.717, 1.165) is 12.8 Å². The summed E-state index contributed by atoms with van der Waals surface area (Å²) in [6.07, 6.45) is 3.22. The predicted molar refractivity (Wildman–Crippen MR) is 45.0 cm³/mol. The highest BCUT2D eigenvalue weighted by Crippen LogP contribution is 2.34. The van der Waals surface area contributed by atoms with Gasteiger partial charge >= 0.3 is 0 Å². The topological polar surface area (TPSA) is 79.9 Å². The minimum atomic E-state index is -0.124. The maximum atomic E-state index is 8.35. The summed E-state index contributed by atoms with van der Waals surface area (Å²) in [5, 5.41) is 8.35. The van der Waals surface area contributed by atoms with Crippen molar-refractivity contribution in [3.8, 4) is 0 Å². The summed E-state index contributed by atoms with van der Waals surface area (Å²) < 4.78 is 5.30. The van der Waals surface area contributed by atoms with Gasteiger partial charge in [-0.25, -0.2) is 10.5 Å². The second kappa shape index (κ2) is 3.73. The molecule has 0 aromatic carbocycles. The van der Waals surface area contributed by atoms with Gasteiger partial charge in [-0.2, -0.15) is 0 Å². The van der Waals surface area contributed by atoms with Crippen LogP contribution >= 0.6 is 0 Å². The second-order valence-corrected chi connectivity index (χ2v) is 3.05. The van der Waals surface area contributed by atoms with Crippen molar-refractivity contribution in [3.05, 3.63) is 0 Å². The van der Waals surface area contributed by atoms with Crippen LogP contribution in [0.4, 0.5) is 0 Å². The molecule has 0 aromatic heterocycles. The van der Waals surface area contributed by atoms with Crippen molar-refractivity contribution in [2.24, 2.45) is 10.7 Å². The SMILES string of the molecule is COC1(CN=C(N)NO)CCC1. The van der Waals surface area contributed by atoms with Gasteiger partial charge in [0.25, 0.3) is 0 Å². The van der Waals surface area contributed by atoms with Crippen molar-refractivity contribution in [2.75, 3.05) is 13.7 Å². The van der Waals surface area contributed by atoms with E-state index in [1.807, 2.05) is 0 Å². The van der Waals surface area contributed by atoms with Gasteiger partial charge in [-0.15, -0.1) is 0 Å². The molecule has 1 aliphatic rings. The summed E-state index contributed by atoms with van der Waals surface area (Å²) in [4.78, 5) is 3.92. The van der Waals surface area contributed by atoms with Crippen molar-refractivity contribution in [1.29, 1.82) is 0 Å². The fraction of sp³-hybridized carbons (Fsp3) is 0.857. The van der Waals surface area contributed by atoms with Gasteiger partial charge in [0.1, 0.15) is 0 Å². The van der Waals surface area contributed by atoms with Gasteiger partial charge in [0.15, 0.2) is 0 Å². The second-order valence-electron chi connectivity index (χ2n) is 3.05. The third-order valence-electron chi connectivity index (χ3n) is 2.35. The highest BCUT2D eigenvalue weighted by Gasteiger charge is 2.36. The molecule has 0 saturated heterocycles. The Balaban J connectivity index is 2.38. The highest BCUT2D eigenvalue weighted by molar-refractivity contribution is 5.76. The number of rotatable bonds is 3. The van der Waals surface area contributed by atoms with E-state index in [1.165, 1.54) is 6.42 Å². The number of methoxy groups -OCH3 is 1. The minimum absolute atomic E-state index is 0.0401. The van der Waals surface area contributed by atoms with Crippen molar-refractivity contribution < 1.29 is 9.94 Å². The fourth-order valence-corrected chi connectivity index (χ4v) is 1.26. The first-order valence-electron chi connectivity index (χ1n) is 3.98. The lowest BCUT2D eigenvalue weighted by atomic mass is 9.80. The molecule has 0 amide bonds.